The van der Waals surface area contributed by atoms with E-state index in [2.05, 4.69) is 28.1 Å². The van der Waals surface area contributed by atoms with E-state index in [1.54, 1.807) is 0 Å². The van der Waals surface area contributed by atoms with Crippen molar-refractivity contribution < 1.29 is 21.1 Å². The maximum atomic E-state index is 4.33. The summed E-state index contributed by atoms with van der Waals surface area (Å²) in [6, 6.07) is 11.0. The van der Waals surface area contributed by atoms with Crippen LogP contribution >= 0.6 is 0 Å². The Bertz CT molecular complexity index is 295. The largest absolute Gasteiger partial charge is 0.352 e. The topological polar surface area (TPSA) is 15.6 Å². The van der Waals surface area contributed by atoms with E-state index in [9.17, 15) is 0 Å². The third-order valence-electron chi connectivity index (χ3n) is 2.07. The average molecular weight is 343 g/mol. The smallest absolute Gasteiger partial charge is 0.0985 e. The van der Waals surface area contributed by atoms with Crippen molar-refractivity contribution in [2.45, 2.75) is 6.92 Å². The van der Waals surface area contributed by atoms with E-state index >= 15 is 0 Å². The van der Waals surface area contributed by atoms with E-state index < -0.39 is 0 Å². The molecule has 0 unspecified atom stereocenters. The summed E-state index contributed by atoms with van der Waals surface area (Å²) in [5, 5.41) is 0. The molecule has 0 saturated heterocycles. The zero-order valence-corrected chi connectivity index (χ0v) is 10.5. The molecule has 2 rings (SSSR count). The number of benzene rings is 1. The number of hydrogen-bond donors (Lipinski definition) is 0. The van der Waals surface area contributed by atoms with Crippen molar-refractivity contribution in [2.24, 2.45) is 4.99 Å². The number of aliphatic imine (C=N–C) groups is 1. The number of nitrogens with zero attached hydrogens (tertiary/aromatic N) is 2. The van der Waals surface area contributed by atoms with Crippen molar-refractivity contribution in [3.8, 4) is 0 Å². The van der Waals surface area contributed by atoms with E-state index in [0.29, 0.717) is 0 Å². The molecule has 1 heterocycles. The van der Waals surface area contributed by atoms with Gasteiger partial charge in [0.2, 0.25) is 0 Å². The van der Waals surface area contributed by atoms with Crippen LogP contribution in [0.3, 0.4) is 0 Å². The van der Waals surface area contributed by atoms with Gasteiger partial charge in [-0.3, -0.25) is 4.99 Å². The molecule has 1 aliphatic heterocycles. The predicted molar refractivity (Wildman–Crippen MR) is 50.6 cm³/mol. The molecule has 0 aliphatic carbocycles. The van der Waals surface area contributed by atoms with Crippen LogP contribution in [-0.4, -0.2) is 18.9 Å². The third kappa shape index (κ3) is 2.19. The Kier molecular flexibility index (Phi) is 3.68. The standard InChI is InChI=1S/C10H11N2.W/c1-9-11-7-8-12(9)10-5-3-2-4-6-10;/h3-6H,7-8H2,1H3;/q-1;. The van der Waals surface area contributed by atoms with Gasteiger partial charge in [0.25, 0.3) is 0 Å². The van der Waals surface area contributed by atoms with Crippen molar-refractivity contribution in [2.75, 3.05) is 18.0 Å². The minimum atomic E-state index is 0. The molecule has 0 radical (unpaired) electrons. The molecule has 0 fully saturated rings. The van der Waals surface area contributed by atoms with Gasteiger partial charge in [-0.2, -0.15) is 18.2 Å². The Labute approximate surface area is 92.9 Å². The van der Waals surface area contributed by atoms with Gasteiger partial charge in [0.15, 0.2) is 0 Å². The van der Waals surface area contributed by atoms with Crippen LogP contribution < -0.4 is 4.90 Å². The molecule has 0 spiro atoms. The van der Waals surface area contributed by atoms with Crippen LogP contribution in [0.25, 0.3) is 0 Å². The Morgan fingerprint density at radius 1 is 1.38 bits per heavy atom. The van der Waals surface area contributed by atoms with E-state index in [4.69, 9.17) is 0 Å². The van der Waals surface area contributed by atoms with Crippen molar-refractivity contribution >= 4 is 11.5 Å². The Hall–Kier alpha value is -0.622. The second-order valence-corrected chi connectivity index (χ2v) is 2.84. The molecule has 1 aliphatic rings. The maximum absolute atomic E-state index is 4.33. The van der Waals surface area contributed by atoms with Crippen LogP contribution in [0.15, 0.2) is 29.3 Å². The number of hydrogen-bond acceptors (Lipinski definition) is 2. The summed E-state index contributed by atoms with van der Waals surface area (Å²) in [5.41, 5.74) is 1.22. The van der Waals surface area contributed by atoms with Crippen molar-refractivity contribution in [1.29, 1.82) is 0 Å². The molecule has 68 valence electrons. The molecule has 1 aromatic carbocycles. The molecule has 13 heavy (non-hydrogen) atoms. The maximum Gasteiger partial charge on any atom is 0.0985 e. The van der Waals surface area contributed by atoms with Crippen LogP contribution in [0.1, 0.15) is 6.92 Å². The van der Waals surface area contributed by atoms with Crippen LogP contribution in [0, 0.1) is 6.07 Å². The number of amidine groups is 1. The summed E-state index contributed by atoms with van der Waals surface area (Å²) in [5.74, 6) is 1.11. The summed E-state index contributed by atoms with van der Waals surface area (Å²) in [4.78, 5) is 6.54. The second-order valence-electron chi connectivity index (χ2n) is 2.84. The first-order valence-corrected chi connectivity index (χ1v) is 4.12. The SMILES string of the molecule is CC1=NCCN1c1cc[c-]cc1.[W]. The van der Waals surface area contributed by atoms with Gasteiger partial charge < -0.3 is 4.90 Å². The van der Waals surface area contributed by atoms with Crippen molar-refractivity contribution in [3.05, 3.63) is 30.3 Å². The van der Waals surface area contributed by atoms with E-state index in [1.165, 1.54) is 5.69 Å². The third-order valence-corrected chi connectivity index (χ3v) is 2.07. The minimum Gasteiger partial charge on any atom is -0.352 e. The van der Waals surface area contributed by atoms with E-state index in [-0.39, 0.29) is 21.1 Å². The van der Waals surface area contributed by atoms with Gasteiger partial charge in [0, 0.05) is 27.6 Å². The molecule has 0 atom stereocenters. The molecule has 0 N–H and O–H groups in total. The van der Waals surface area contributed by atoms with Gasteiger partial charge in [-0.25, -0.2) is 0 Å². The Balaban J connectivity index is 0.000000845. The van der Waals surface area contributed by atoms with Gasteiger partial charge in [-0.15, -0.1) is 12.1 Å². The minimum absolute atomic E-state index is 0. The number of rotatable bonds is 1. The quantitative estimate of drug-likeness (QED) is 0.710. The second kappa shape index (κ2) is 4.57. The van der Waals surface area contributed by atoms with Crippen molar-refractivity contribution in [1.82, 2.24) is 0 Å². The number of anilines is 1. The summed E-state index contributed by atoms with van der Waals surface area (Å²) in [6.07, 6.45) is 0. The molecule has 0 bridgehead atoms. The average Bonchev–Trinajstić information content (AvgIpc) is 2.53. The Morgan fingerprint density at radius 3 is 2.62 bits per heavy atom. The first kappa shape index (κ1) is 10.5. The molecule has 0 saturated carbocycles. The fourth-order valence-corrected chi connectivity index (χ4v) is 1.43. The van der Waals surface area contributed by atoms with Crippen molar-refractivity contribution in [3.63, 3.8) is 0 Å². The molecular formula is C10H11N2W-. The molecule has 1 aromatic rings. The fourth-order valence-electron chi connectivity index (χ4n) is 1.43. The normalized spacial score (nSPS) is 15.2. The van der Waals surface area contributed by atoms with Gasteiger partial charge in [-0.1, -0.05) is 5.69 Å². The zero-order chi connectivity index (χ0) is 8.39. The van der Waals surface area contributed by atoms with Gasteiger partial charge in [0.1, 0.15) is 0 Å². The summed E-state index contributed by atoms with van der Waals surface area (Å²) in [7, 11) is 0. The summed E-state index contributed by atoms with van der Waals surface area (Å²) < 4.78 is 0. The van der Waals surface area contributed by atoms with E-state index in [0.717, 1.165) is 18.9 Å². The van der Waals surface area contributed by atoms with Gasteiger partial charge >= 0.3 is 0 Å². The van der Waals surface area contributed by atoms with Gasteiger partial charge in [0.05, 0.1) is 12.4 Å². The van der Waals surface area contributed by atoms with Crippen LogP contribution in [-0.2, 0) is 21.1 Å². The first-order chi connectivity index (χ1) is 5.88. The zero-order valence-electron chi connectivity index (χ0n) is 7.53. The van der Waals surface area contributed by atoms with E-state index in [1.807, 2.05) is 19.1 Å². The predicted octanol–water partition coefficient (Wildman–Crippen LogP) is 1.72. The van der Waals surface area contributed by atoms with Crippen LogP contribution in [0.4, 0.5) is 5.69 Å². The molecule has 0 aromatic heterocycles. The summed E-state index contributed by atoms with van der Waals surface area (Å²) >= 11 is 0. The monoisotopic (exact) mass is 343 g/mol. The molecule has 0 amide bonds. The van der Waals surface area contributed by atoms with Crippen LogP contribution in [0.5, 0.6) is 0 Å². The van der Waals surface area contributed by atoms with Gasteiger partial charge in [-0.05, 0) is 6.92 Å². The molecular weight excluding hydrogens is 332 g/mol. The first-order valence-electron chi connectivity index (χ1n) is 4.12. The Morgan fingerprint density at radius 2 is 2.08 bits per heavy atom. The molecule has 2 nitrogen and oxygen atoms in total. The fraction of sp³-hybridized carbons (Fsp3) is 0.300. The summed E-state index contributed by atoms with van der Waals surface area (Å²) in [6.45, 7) is 3.98. The molecule has 3 heteroatoms. The van der Waals surface area contributed by atoms with Crippen LogP contribution in [0.2, 0.25) is 0 Å².